The van der Waals surface area contributed by atoms with Crippen LogP contribution in [-0.4, -0.2) is 17.7 Å². The maximum Gasteiger partial charge on any atom is 0.233 e. The van der Waals surface area contributed by atoms with E-state index >= 15 is 0 Å². The minimum Gasteiger partial charge on any atom is -0.354 e. The third-order valence-electron chi connectivity index (χ3n) is 1.63. The first-order valence-electron chi connectivity index (χ1n) is 4.45. The van der Waals surface area contributed by atoms with Gasteiger partial charge in [-0.15, -0.1) is 11.8 Å². The fourth-order valence-electron chi connectivity index (χ4n) is 0.781. The Balaban J connectivity index is 3.66. The van der Waals surface area contributed by atoms with Crippen LogP contribution in [-0.2, 0) is 4.79 Å². The first-order chi connectivity index (χ1) is 6.09. The van der Waals surface area contributed by atoms with Crippen LogP contribution in [0.3, 0.4) is 0 Å². The molecule has 0 heterocycles. The van der Waals surface area contributed by atoms with E-state index in [4.69, 9.17) is 0 Å². The largest absolute Gasteiger partial charge is 0.354 e. The third kappa shape index (κ3) is 5.59. The number of hydrogen-bond acceptors (Lipinski definition) is 2. The Morgan fingerprint density at radius 2 is 2.15 bits per heavy atom. The minimum atomic E-state index is -0.213. The summed E-state index contributed by atoms with van der Waals surface area (Å²) in [4.78, 5) is 11.3. The lowest BCUT2D eigenvalue weighted by molar-refractivity contribution is -0.121. The van der Waals surface area contributed by atoms with Crippen LogP contribution in [0.1, 0.15) is 27.2 Å². The van der Waals surface area contributed by atoms with E-state index in [-0.39, 0.29) is 17.1 Å². The molecule has 13 heavy (non-hydrogen) atoms. The molecule has 0 fully saturated rings. The number of carbonyl (C=O) groups is 1. The molecular formula is C10H17NOS. The van der Waals surface area contributed by atoms with Gasteiger partial charge in [0.2, 0.25) is 5.91 Å². The Morgan fingerprint density at radius 1 is 1.54 bits per heavy atom. The smallest absolute Gasteiger partial charge is 0.233 e. The number of rotatable bonds is 4. The predicted octanol–water partition coefficient (Wildman–Crippen LogP) is 1.47. The predicted molar refractivity (Wildman–Crippen MR) is 58.7 cm³/mol. The first kappa shape index (κ1) is 12.4. The molecule has 0 aromatic carbocycles. The van der Waals surface area contributed by atoms with E-state index in [9.17, 15) is 4.79 Å². The van der Waals surface area contributed by atoms with Gasteiger partial charge in [0.1, 0.15) is 0 Å². The Morgan fingerprint density at radius 3 is 2.62 bits per heavy atom. The lowest BCUT2D eigenvalue weighted by atomic mass is 10.1. The highest BCUT2D eigenvalue weighted by Gasteiger charge is 2.16. The second-order valence-electron chi connectivity index (χ2n) is 3.16. The Kier molecular flexibility index (Phi) is 6.52. The highest BCUT2D eigenvalue weighted by molar-refractivity contribution is 7.81. The summed E-state index contributed by atoms with van der Waals surface area (Å²) in [6, 6.07) is 0. The van der Waals surface area contributed by atoms with Crippen LogP contribution in [0.15, 0.2) is 0 Å². The quantitative estimate of drug-likeness (QED) is 0.401. The van der Waals surface area contributed by atoms with Crippen molar-refractivity contribution in [3.05, 3.63) is 0 Å². The molecule has 3 heteroatoms. The molecule has 0 spiro atoms. The van der Waals surface area contributed by atoms with Crippen molar-refractivity contribution in [1.29, 1.82) is 0 Å². The molecule has 1 N–H and O–H groups in total. The summed E-state index contributed by atoms with van der Waals surface area (Å²) in [5.41, 5.74) is 0. The lowest BCUT2D eigenvalue weighted by Gasteiger charge is -2.13. The highest BCUT2D eigenvalue weighted by Crippen LogP contribution is 2.08. The number of thiol groups is 1. The molecule has 0 aromatic heterocycles. The molecule has 0 aromatic rings. The van der Waals surface area contributed by atoms with Crippen molar-refractivity contribution in [2.75, 3.05) is 6.54 Å². The molecule has 0 bridgehead atoms. The summed E-state index contributed by atoms with van der Waals surface area (Å²) >= 11 is 4.20. The first-order valence-corrected chi connectivity index (χ1v) is 4.96. The zero-order valence-corrected chi connectivity index (χ0v) is 9.32. The van der Waals surface area contributed by atoms with Gasteiger partial charge >= 0.3 is 0 Å². The van der Waals surface area contributed by atoms with E-state index in [0.29, 0.717) is 13.0 Å². The summed E-state index contributed by atoms with van der Waals surface area (Å²) in [7, 11) is 0. The van der Waals surface area contributed by atoms with Crippen LogP contribution in [0.5, 0.6) is 0 Å². The molecule has 0 radical (unpaired) electrons. The topological polar surface area (TPSA) is 29.1 Å². The molecule has 0 aliphatic heterocycles. The zero-order valence-electron chi connectivity index (χ0n) is 8.42. The molecule has 0 saturated carbocycles. The van der Waals surface area contributed by atoms with Crippen LogP contribution in [0.25, 0.3) is 0 Å². The summed E-state index contributed by atoms with van der Waals surface area (Å²) in [5, 5.41) is 2.57. The number of amides is 1. The lowest BCUT2D eigenvalue weighted by Crippen LogP contribution is -2.34. The van der Waals surface area contributed by atoms with Gasteiger partial charge in [-0.25, -0.2) is 0 Å². The molecule has 2 nitrogen and oxygen atoms in total. The Labute approximate surface area is 85.9 Å². The van der Waals surface area contributed by atoms with Crippen LogP contribution >= 0.6 is 12.6 Å². The van der Waals surface area contributed by atoms with Crippen LogP contribution in [0, 0.1) is 17.8 Å². The van der Waals surface area contributed by atoms with E-state index in [0.717, 1.165) is 0 Å². The van der Waals surface area contributed by atoms with E-state index in [1.807, 2.05) is 13.8 Å². The fraction of sp³-hybridized carbons (Fsp3) is 0.700. The van der Waals surface area contributed by atoms with Gasteiger partial charge in [0.15, 0.2) is 0 Å². The van der Waals surface area contributed by atoms with E-state index < -0.39 is 0 Å². The molecule has 0 aliphatic carbocycles. The molecule has 74 valence electrons. The highest BCUT2D eigenvalue weighted by atomic mass is 32.1. The van der Waals surface area contributed by atoms with Gasteiger partial charge in [-0.05, 0) is 12.8 Å². The van der Waals surface area contributed by atoms with Gasteiger partial charge in [0, 0.05) is 13.0 Å². The van der Waals surface area contributed by atoms with Gasteiger partial charge in [-0.2, -0.15) is 12.6 Å². The van der Waals surface area contributed by atoms with Gasteiger partial charge < -0.3 is 5.32 Å². The Hall–Kier alpha value is -0.620. The average molecular weight is 199 g/mol. The zero-order chi connectivity index (χ0) is 10.3. The molecule has 1 unspecified atom stereocenters. The summed E-state index contributed by atoms with van der Waals surface area (Å²) in [6.45, 7) is 6.35. The van der Waals surface area contributed by atoms with Gasteiger partial charge in [-0.3, -0.25) is 4.79 Å². The average Bonchev–Trinajstić information content (AvgIpc) is 2.10. The minimum absolute atomic E-state index is 0.00348. The van der Waals surface area contributed by atoms with Gasteiger partial charge in [0.25, 0.3) is 0 Å². The maximum absolute atomic E-state index is 11.3. The van der Waals surface area contributed by atoms with E-state index in [2.05, 4.69) is 29.8 Å². The molecule has 0 saturated heterocycles. The number of carbonyl (C=O) groups excluding carboxylic acids is 1. The van der Waals surface area contributed by atoms with Crippen molar-refractivity contribution in [2.45, 2.75) is 32.4 Å². The number of hydrogen-bond donors (Lipinski definition) is 2. The SMILES string of the molecule is CC#CCCNC(=O)C(S)C(C)C. The van der Waals surface area contributed by atoms with Crippen molar-refractivity contribution < 1.29 is 4.79 Å². The van der Waals surface area contributed by atoms with Gasteiger partial charge in [0.05, 0.1) is 5.25 Å². The van der Waals surface area contributed by atoms with Crippen LogP contribution < -0.4 is 5.32 Å². The second-order valence-corrected chi connectivity index (χ2v) is 3.71. The van der Waals surface area contributed by atoms with Crippen molar-refractivity contribution in [3.8, 4) is 11.8 Å². The second kappa shape index (κ2) is 6.85. The monoisotopic (exact) mass is 199 g/mol. The summed E-state index contributed by atoms with van der Waals surface area (Å²) in [5.74, 6) is 5.92. The molecule has 0 aliphatic rings. The summed E-state index contributed by atoms with van der Waals surface area (Å²) < 4.78 is 0. The van der Waals surface area contributed by atoms with Crippen molar-refractivity contribution in [1.82, 2.24) is 5.32 Å². The normalized spacial score (nSPS) is 11.8. The fourth-order valence-corrected chi connectivity index (χ4v) is 0.872. The van der Waals surface area contributed by atoms with Crippen molar-refractivity contribution >= 4 is 18.5 Å². The molecular weight excluding hydrogens is 182 g/mol. The standard InChI is InChI=1S/C10H17NOS/c1-4-5-6-7-11-10(12)9(13)8(2)3/h8-9,13H,6-7H2,1-3H3,(H,11,12). The van der Waals surface area contributed by atoms with E-state index in [1.54, 1.807) is 6.92 Å². The third-order valence-corrected chi connectivity index (χ3v) is 2.46. The molecule has 0 rings (SSSR count). The van der Waals surface area contributed by atoms with Crippen molar-refractivity contribution in [2.24, 2.45) is 5.92 Å². The van der Waals surface area contributed by atoms with Crippen molar-refractivity contribution in [3.63, 3.8) is 0 Å². The maximum atomic E-state index is 11.3. The number of nitrogens with one attached hydrogen (secondary N) is 1. The molecule has 1 atom stereocenters. The van der Waals surface area contributed by atoms with Crippen LogP contribution in [0.2, 0.25) is 0 Å². The Bertz CT molecular complexity index is 215. The molecule has 1 amide bonds. The van der Waals surface area contributed by atoms with Gasteiger partial charge in [-0.1, -0.05) is 13.8 Å². The summed E-state index contributed by atoms with van der Waals surface area (Å²) in [6.07, 6.45) is 0.709. The van der Waals surface area contributed by atoms with E-state index in [1.165, 1.54) is 0 Å². The van der Waals surface area contributed by atoms with Crippen LogP contribution in [0.4, 0.5) is 0 Å².